The monoisotopic (exact) mass is 339 g/mol. The molecule has 1 N–H and O–H groups in total. The molecule has 1 unspecified atom stereocenters. The average molecular weight is 339 g/mol. The van der Waals surface area contributed by atoms with Crippen molar-refractivity contribution in [1.82, 2.24) is 15.1 Å². The number of rotatable bonds is 6. The molecule has 0 fully saturated rings. The summed E-state index contributed by atoms with van der Waals surface area (Å²) < 4.78 is 20.5. The number of nitrogens with one attached hydrogen (secondary N) is 1. The van der Waals surface area contributed by atoms with Crippen LogP contribution < -0.4 is 10.1 Å². The van der Waals surface area contributed by atoms with E-state index in [1.807, 2.05) is 41.2 Å². The molecule has 0 aliphatic heterocycles. The van der Waals surface area contributed by atoms with E-state index in [9.17, 15) is 4.39 Å². The summed E-state index contributed by atoms with van der Waals surface area (Å²) in [5.74, 6) is -0.0840. The summed E-state index contributed by atoms with van der Waals surface area (Å²) in [5, 5.41) is 7.97. The van der Waals surface area contributed by atoms with Crippen LogP contribution in [-0.2, 0) is 6.54 Å². The molecule has 0 saturated heterocycles. The minimum atomic E-state index is -0.348. The number of ether oxygens (including phenoxy) is 1. The van der Waals surface area contributed by atoms with E-state index >= 15 is 0 Å². The molecule has 5 heteroatoms. The van der Waals surface area contributed by atoms with Gasteiger partial charge in [0.25, 0.3) is 0 Å². The first kappa shape index (κ1) is 17.2. The topological polar surface area (TPSA) is 39.1 Å². The molecule has 0 aliphatic rings. The summed E-state index contributed by atoms with van der Waals surface area (Å²) in [7, 11) is 1.47. The number of para-hydroxylation sites is 1. The van der Waals surface area contributed by atoms with Crippen molar-refractivity contribution in [2.24, 2.45) is 0 Å². The van der Waals surface area contributed by atoms with E-state index in [-0.39, 0.29) is 17.6 Å². The lowest BCUT2D eigenvalue weighted by Gasteiger charge is -2.15. The minimum absolute atomic E-state index is 0.119. The third-order valence-electron chi connectivity index (χ3n) is 4.34. The van der Waals surface area contributed by atoms with Crippen LogP contribution in [0.5, 0.6) is 5.75 Å². The molecule has 3 rings (SSSR count). The second-order valence-corrected chi connectivity index (χ2v) is 6.00. The van der Waals surface area contributed by atoms with Gasteiger partial charge >= 0.3 is 0 Å². The Hall–Kier alpha value is -2.66. The summed E-state index contributed by atoms with van der Waals surface area (Å²) in [6, 6.07) is 15.1. The van der Waals surface area contributed by atoms with Gasteiger partial charge in [0.15, 0.2) is 11.6 Å². The Morgan fingerprint density at radius 1 is 1.20 bits per heavy atom. The van der Waals surface area contributed by atoms with Crippen molar-refractivity contribution in [3.63, 3.8) is 0 Å². The van der Waals surface area contributed by atoms with Crippen LogP contribution in [-0.4, -0.2) is 16.9 Å². The van der Waals surface area contributed by atoms with Crippen LogP contribution in [0.25, 0.3) is 5.69 Å². The van der Waals surface area contributed by atoms with Crippen LogP contribution in [0.3, 0.4) is 0 Å². The number of benzene rings is 2. The molecule has 0 saturated carbocycles. The molecule has 3 aromatic rings. The smallest absolute Gasteiger partial charge is 0.165 e. The summed E-state index contributed by atoms with van der Waals surface area (Å²) >= 11 is 0. The molecule has 0 radical (unpaired) electrons. The van der Waals surface area contributed by atoms with Crippen LogP contribution in [0.2, 0.25) is 0 Å². The summed E-state index contributed by atoms with van der Waals surface area (Å²) in [5.41, 5.74) is 4.25. The van der Waals surface area contributed by atoms with Gasteiger partial charge in [-0.3, -0.25) is 0 Å². The van der Waals surface area contributed by atoms with E-state index in [1.165, 1.54) is 13.2 Å². The standard InChI is InChI=1S/C20H22FN3O/c1-14(22-12-16-9-10-19(21)20(11-16)25-3)18-13-23-24(15(18)2)17-7-5-4-6-8-17/h4-11,13-14,22H,12H2,1-3H3. The van der Waals surface area contributed by atoms with E-state index in [4.69, 9.17) is 4.74 Å². The van der Waals surface area contributed by atoms with Crippen LogP contribution in [0.4, 0.5) is 4.39 Å². The first-order valence-corrected chi connectivity index (χ1v) is 8.26. The molecule has 25 heavy (non-hydrogen) atoms. The highest BCUT2D eigenvalue weighted by Crippen LogP contribution is 2.22. The Morgan fingerprint density at radius 3 is 2.68 bits per heavy atom. The zero-order chi connectivity index (χ0) is 17.8. The number of aromatic nitrogens is 2. The average Bonchev–Trinajstić information content (AvgIpc) is 3.03. The lowest BCUT2D eigenvalue weighted by Crippen LogP contribution is -2.18. The number of hydrogen-bond donors (Lipinski definition) is 1. The van der Waals surface area contributed by atoms with Gasteiger partial charge in [-0.2, -0.15) is 5.10 Å². The van der Waals surface area contributed by atoms with Gasteiger partial charge in [0.05, 0.1) is 19.0 Å². The van der Waals surface area contributed by atoms with Crippen molar-refractivity contribution < 1.29 is 9.13 Å². The molecule has 0 aliphatic carbocycles. The summed E-state index contributed by atoms with van der Waals surface area (Å²) in [6.07, 6.45) is 1.89. The Morgan fingerprint density at radius 2 is 1.96 bits per heavy atom. The highest BCUT2D eigenvalue weighted by molar-refractivity contribution is 5.35. The zero-order valence-electron chi connectivity index (χ0n) is 14.7. The van der Waals surface area contributed by atoms with Crippen molar-refractivity contribution in [3.8, 4) is 11.4 Å². The van der Waals surface area contributed by atoms with Crippen molar-refractivity contribution in [1.29, 1.82) is 0 Å². The summed E-state index contributed by atoms with van der Waals surface area (Å²) in [6.45, 7) is 4.78. The zero-order valence-corrected chi connectivity index (χ0v) is 14.7. The quantitative estimate of drug-likeness (QED) is 0.732. The van der Waals surface area contributed by atoms with Crippen molar-refractivity contribution in [2.75, 3.05) is 7.11 Å². The predicted octanol–water partition coefficient (Wildman–Crippen LogP) is 4.18. The molecule has 1 aromatic heterocycles. The van der Waals surface area contributed by atoms with Crippen molar-refractivity contribution in [2.45, 2.75) is 26.4 Å². The maximum Gasteiger partial charge on any atom is 0.165 e. The van der Waals surface area contributed by atoms with Gasteiger partial charge in [0.2, 0.25) is 0 Å². The fraction of sp³-hybridized carbons (Fsp3) is 0.250. The van der Waals surface area contributed by atoms with Crippen LogP contribution in [0.1, 0.15) is 29.8 Å². The second-order valence-electron chi connectivity index (χ2n) is 6.00. The normalized spacial score (nSPS) is 12.2. The molecular weight excluding hydrogens is 317 g/mol. The molecule has 2 aromatic carbocycles. The van der Waals surface area contributed by atoms with Gasteiger partial charge in [0, 0.05) is 23.8 Å². The van der Waals surface area contributed by atoms with Crippen LogP contribution in [0, 0.1) is 12.7 Å². The second kappa shape index (κ2) is 7.49. The van der Waals surface area contributed by atoms with E-state index in [0.717, 1.165) is 22.5 Å². The Balaban J connectivity index is 1.72. The maximum absolute atomic E-state index is 13.5. The number of methoxy groups -OCH3 is 1. The van der Waals surface area contributed by atoms with Gasteiger partial charge in [0.1, 0.15) is 0 Å². The van der Waals surface area contributed by atoms with Gasteiger partial charge in [-0.05, 0) is 43.7 Å². The van der Waals surface area contributed by atoms with E-state index in [1.54, 1.807) is 12.1 Å². The highest BCUT2D eigenvalue weighted by atomic mass is 19.1. The number of halogens is 1. The molecule has 0 spiro atoms. The Labute approximate surface area is 147 Å². The Bertz CT molecular complexity index is 845. The maximum atomic E-state index is 13.5. The predicted molar refractivity (Wildman–Crippen MR) is 96.5 cm³/mol. The van der Waals surface area contributed by atoms with Gasteiger partial charge in [-0.15, -0.1) is 0 Å². The Kier molecular flexibility index (Phi) is 5.14. The lowest BCUT2D eigenvalue weighted by atomic mass is 10.1. The number of nitrogens with zero attached hydrogens (tertiary/aromatic N) is 2. The largest absolute Gasteiger partial charge is 0.494 e. The molecular formula is C20H22FN3O. The minimum Gasteiger partial charge on any atom is -0.494 e. The van der Waals surface area contributed by atoms with Gasteiger partial charge in [-0.25, -0.2) is 9.07 Å². The molecule has 0 amide bonds. The van der Waals surface area contributed by atoms with Gasteiger partial charge in [-0.1, -0.05) is 24.3 Å². The fourth-order valence-corrected chi connectivity index (χ4v) is 2.87. The van der Waals surface area contributed by atoms with E-state index < -0.39 is 0 Å². The first-order chi connectivity index (χ1) is 12.1. The lowest BCUT2D eigenvalue weighted by molar-refractivity contribution is 0.385. The fourth-order valence-electron chi connectivity index (χ4n) is 2.87. The van der Waals surface area contributed by atoms with Crippen LogP contribution in [0.15, 0.2) is 54.7 Å². The molecule has 4 nitrogen and oxygen atoms in total. The SMILES string of the molecule is COc1cc(CNC(C)c2cnn(-c3ccccc3)c2C)ccc1F. The van der Waals surface area contributed by atoms with Gasteiger partial charge < -0.3 is 10.1 Å². The first-order valence-electron chi connectivity index (χ1n) is 8.26. The van der Waals surface area contributed by atoms with Crippen LogP contribution >= 0.6 is 0 Å². The molecule has 1 atom stereocenters. The third-order valence-corrected chi connectivity index (χ3v) is 4.34. The molecule has 0 bridgehead atoms. The third kappa shape index (κ3) is 3.72. The van der Waals surface area contributed by atoms with E-state index in [2.05, 4.69) is 24.3 Å². The van der Waals surface area contributed by atoms with Crippen molar-refractivity contribution >= 4 is 0 Å². The van der Waals surface area contributed by atoms with E-state index in [0.29, 0.717) is 6.54 Å². The summed E-state index contributed by atoms with van der Waals surface area (Å²) in [4.78, 5) is 0. The number of hydrogen-bond acceptors (Lipinski definition) is 3. The molecule has 1 heterocycles. The highest BCUT2D eigenvalue weighted by Gasteiger charge is 2.14. The molecule has 130 valence electrons. The van der Waals surface area contributed by atoms with Crippen molar-refractivity contribution in [3.05, 3.63) is 77.4 Å².